The first kappa shape index (κ1) is 22.3. The fourth-order valence-electron chi connectivity index (χ4n) is 5.45. The molecule has 0 radical (unpaired) electrons. The first-order chi connectivity index (χ1) is 14.8. The molecule has 1 N–H and O–H groups in total. The van der Waals surface area contributed by atoms with Crippen molar-refractivity contribution < 1.29 is 22.7 Å². The molecule has 2 fully saturated rings. The van der Waals surface area contributed by atoms with E-state index in [0.29, 0.717) is 31.0 Å². The lowest BCUT2D eigenvalue weighted by molar-refractivity contribution is -0.143. The van der Waals surface area contributed by atoms with E-state index in [2.05, 4.69) is 11.9 Å². The number of nitrogens with one attached hydrogen (secondary N) is 1. The van der Waals surface area contributed by atoms with Crippen LogP contribution < -0.4 is 5.32 Å². The van der Waals surface area contributed by atoms with Crippen LogP contribution in [0.2, 0.25) is 0 Å². The summed E-state index contributed by atoms with van der Waals surface area (Å²) in [6.07, 6.45) is 3.07. The van der Waals surface area contributed by atoms with Crippen LogP contribution in [-0.4, -0.2) is 42.6 Å². The summed E-state index contributed by atoms with van der Waals surface area (Å²) in [5, 5.41) is 3.72. The number of alkyl halides is 3. The smallest absolute Gasteiger partial charge is 0.381 e. The predicted molar refractivity (Wildman–Crippen MR) is 112 cm³/mol. The number of ether oxygens (including phenoxy) is 1. The molecule has 1 saturated carbocycles. The van der Waals surface area contributed by atoms with E-state index in [1.807, 2.05) is 6.08 Å². The van der Waals surface area contributed by atoms with Gasteiger partial charge in [-0.3, -0.25) is 4.79 Å². The fourth-order valence-corrected chi connectivity index (χ4v) is 5.45. The first-order valence-corrected chi connectivity index (χ1v) is 11.2. The molecule has 31 heavy (non-hydrogen) atoms. The van der Waals surface area contributed by atoms with Crippen LogP contribution in [-0.2, 0) is 28.7 Å². The van der Waals surface area contributed by atoms with Crippen LogP contribution in [0, 0.1) is 5.41 Å². The second kappa shape index (κ2) is 8.94. The van der Waals surface area contributed by atoms with Gasteiger partial charge in [0.1, 0.15) is 0 Å². The predicted octanol–water partition coefficient (Wildman–Crippen LogP) is 4.47. The van der Waals surface area contributed by atoms with Gasteiger partial charge in [0.2, 0.25) is 5.91 Å². The second-order valence-corrected chi connectivity index (χ2v) is 9.22. The van der Waals surface area contributed by atoms with Crippen LogP contribution in [0.15, 0.2) is 30.9 Å². The van der Waals surface area contributed by atoms with Crippen LogP contribution in [0.3, 0.4) is 0 Å². The highest BCUT2D eigenvalue weighted by atomic mass is 19.4. The number of rotatable bonds is 5. The Bertz CT molecular complexity index is 820. The summed E-state index contributed by atoms with van der Waals surface area (Å²) in [6.45, 7) is 6.22. The van der Waals surface area contributed by atoms with Crippen molar-refractivity contribution in [1.29, 1.82) is 0 Å². The molecule has 2 heterocycles. The molecule has 4 rings (SSSR count). The van der Waals surface area contributed by atoms with Gasteiger partial charge >= 0.3 is 6.18 Å². The third-order valence-electron chi connectivity index (χ3n) is 7.12. The third-order valence-corrected chi connectivity index (χ3v) is 7.12. The average molecular weight is 437 g/mol. The molecule has 2 unspecified atom stereocenters. The number of allylic oxidation sites excluding steroid dienone is 1. The molecule has 1 amide bonds. The van der Waals surface area contributed by atoms with Gasteiger partial charge < -0.3 is 15.0 Å². The fraction of sp³-hybridized carbons (Fsp3) is 0.625. The summed E-state index contributed by atoms with van der Waals surface area (Å²) in [7, 11) is 0. The van der Waals surface area contributed by atoms with Crippen molar-refractivity contribution in [3.63, 3.8) is 0 Å². The zero-order valence-corrected chi connectivity index (χ0v) is 17.8. The number of amides is 1. The summed E-state index contributed by atoms with van der Waals surface area (Å²) < 4.78 is 44.9. The highest BCUT2D eigenvalue weighted by molar-refractivity contribution is 5.83. The highest BCUT2D eigenvalue weighted by Crippen LogP contribution is 2.44. The number of fused-ring (bicyclic) bond motifs is 1. The van der Waals surface area contributed by atoms with E-state index in [4.69, 9.17) is 4.74 Å². The summed E-state index contributed by atoms with van der Waals surface area (Å²) in [4.78, 5) is 15.4. The van der Waals surface area contributed by atoms with Crippen molar-refractivity contribution in [1.82, 2.24) is 10.2 Å². The van der Waals surface area contributed by atoms with E-state index < -0.39 is 17.2 Å². The van der Waals surface area contributed by atoms with Gasteiger partial charge in [0.25, 0.3) is 0 Å². The van der Waals surface area contributed by atoms with Gasteiger partial charge in [0.15, 0.2) is 0 Å². The maximum atomic E-state index is 13.6. The van der Waals surface area contributed by atoms with E-state index in [1.165, 1.54) is 6.07 Å². The summed E-state index contributed by atoms with van der Waals surface area (Å²) in [5.74, 6) is 0.0618. The lowest BCUT2D eigenvalue weighted by Gasteiger charge is -2.37. The van der Waals surface area contributed by atoms with Gasteiger partial charge in [0, 0.05) is 38.4 Å². The number of hydrogen-bond acceptors (Lipinski definition) is 3. The molecule has 0 aromatic heterocycles. The molecule has 3 aliphatic rings. The zero-order valence-electron chi connectivity index (χ0n) is 17.8. The van der Waals surface area contributed by atoms with Crippen molar-refractivity contribution in [2.75, 3.05) is 19.8 Å². The van der Waals surface area contributed by atoms with Gasteiger partial charge in [-0.05, 0) is 68.2 Å². The van der Waals surface area contributed by atoms with Gasteiger partial charge in [-0.2, -0.15) is 13.2 Å². The van der Waals surface area contributed by atoms with Crippen LogP contribution in [0.5, 0.6) is 0 Å². The Balaban J connectivity index is 1.47. The van der Waals surface area contributed by atoms with E-state index in [0.717, 1.165) is 56.9 Å². The van der Waals surface area contributed by atoms with Gasteiger partial charge in [-0.25, -0.2) is 0 Å². The standard InChI is InChI=1S/C24H31F3N2O2/c1-2-9-23(10-5-21(15-23)28-20-7-12-31-13-8-20)22(30)29-11-6-17-3-4-19(24(25,26)27)14-18(17)16-29/h2-4,14,20-21,28H,1,5-13,15-16H2. The molecule has 1 aromatic carbocycles. The molecule has 170 valence electrons. The molecule has 2 aliphatic heterocycles. The summed E-state index contributed by atoms with van der Waals surface area (Å²) in [6, 6.07) is 4.61. The Labute approximate surface area is 181 Å². The Morgan fingerprint density at radius 1 is 1.23 bits per heavy atom. The number of hydrogen-bond donors (Lipinski definition) is 1. The minimum atomic E-state index is -4.38. The molecule has 1 saturated heterocycles. The van der Waals surface area contributed by atoms with Crippen molar-refractivity contribution in [2.24, 2.45) is 5.41 Å². The monoisotopic (exact) mass is 436 g/mol. The first-order valence-electron chi connectivity index (χ1n) is 11.2. The topological polar surface area (TPSA) is 41.6 Å². The average Bonchev–Trinajstić information content (AvgIpc) is 3.16. The number of nitrogens with zero attached hydrogens (tertiary/aromatic N) is 1. The van der Waals surface area contributed by atoms with E-state index in [-0.39, 0.29) is 18.5 Å². The van der Waals surface area contributed by atoms with Crippen LogP contribution in [0.25, 0.3) is 0 Å². The normalized spacial score (nSPS) is 27.2. The Hall–Kier alpha value is -1.86. The number of halogens is 3. The van der Waals surface area contributed by atoms with Crippen molar-refractivity contribution >= 4 is 5.91 Å². The van der Waals surface area contributed by atoms with Crippen molar-refractivity contribution in [3.8, 4) is 0 Å². The van der Waals surface area contributed by atoms with Gasteiger partial charge in [0.05, 0.1) is 11.0 Å². The molecule has 0 spiro atoms. The van der Waals surface area contributed by atoms with Crippen LogP contribution in [0.4, 0.5) is 13.2 Å². The number of carbonyl (C=O) groups excluding carboxylic acids is 1. The molecular weight excluding hydrogens is 405 g/mol. The van der Waals surface area contributed by atoms with Gasteiger partial charge in [-0.1, -0.05) is 12.1 Å². The minimum Gasteiger partial charge on any atom is -0.381 e. The van der Waals surface area contributed by atoms with Crippen molar-refractivity contribution in [3.05, 3.63) is 47.5 Å². The minimum absolute atomic E-state index is 0.0618. The SMILES string of the molecule is C=CCC1(C(=O)N2CCc3ccc(C(F)(F)F)cc3C2)CCC(NC2CCOCC2)C1. The largest absolute Gasteiger partial charge is 0.416 e. The Morgan fingerprint density at radius 3 is 2.71 bits per heavy atom. The maximum Gasteiger partial charge on any atom is 0.416 e. The molecule has 7 heteroatoms. The summed E-state index contributed by atoms with van der Waals surface area (Å²) in [5.41, 5.74) is 0.352. The van der Waals surface area contributed by atoms with Crippen LogP contribution >= 0.6 is 0 Å². The molecule has 2 atom stereocenters. The molecule has 1 aromatic rings. The molecule has 1 aliphatic carbocycles. The lowest BCUT2D eigenvalue weighted by atomic mass is 9.80. The second-order valence-electron chi connectivity index (χ2n) is 9.22. The van der Waals surface area contributed by atoms with Gasteiger partial charge in [-0.15, -0.1) is 6.58 Å². The van der Waals surface area contributed by atoms with Crippen molar-refractivity contribution in [2.45, 2.75) is 69.8 Å². The molecule has 0 bridgehead atoms. The third kappa shape index (κ3) is 4.82. The Morgan fingerprint density at radius 2 is 2.00 bits per heavy atom. The lowest BCUT2D eigenvalue weighted by Crippen LogP contribution is -2.46. The number of benzene rings is 1. The molecule has 4 nitrogen and oxygen atoms in total. The van der Waals surface area contributed by atoms with E-state index in [1.54, 1.807) is 11.0 Å². The molecular formula is C24H31F3N2O2. The van der Waals surface area contributed by atoms with E-state index >= 15 is 0 Å². The zero-order chi connectivity index (χ0) is 22.1. The quantitative estimate of drug-likeness (QED) is 0.693. The maximum absolute atomic E-state index is 13.6. The van der Waals surface area contributed by atoms with E-state index in [9.17, 15) is 18.0 Å². The highest BCUT2D eigenvalue weighted by Gasteiger charge is 2.47. The Kier molecular flexibility index (Phi) is 6.44. The number of carbonyl (C=O) groups is 1. The summed E-state index contributed by atoms with van der Waals surface area (Å²) >= 11 is 0. The van der Waals surface area contributed by atoms with Crippen LogP contribution in [0.1, 0.15) is 55.2 Å².